The third-order valence-corrected chi connectivity index (χ3v) is 5.73. The molecule has 4 rings (SSSR count). The monoisotopic (exact) mass is 468 g/mol. The fourth-order valence-corrected chi connectivity index (χ4v) is 3.97. The Morgan fingerprint density at radius 3 is 2.66 bits per heavy atom. The summed E-state index contributed by atoms with van der Waals surface area (Å²) in [6, 6.07) is 16.9. The first-order chi connectivity index (χ1) is 15.5. The Kier molecular flexibility index (Phi) is 6.47. The number of carbonyl (C=O) groups excluding carboxylic acids is 1. The molecule has 0 aliphatic rings. The Morgan fingerprint density at radius 1 is 1.19 bits per heavy atom. The number of nitrogens with one attached hydrogen (secondary N) is 1. The van der Waals surface area contributed by atoms with Crippen LogP contribution in [0.1, 0.15) is 28.7 Å². The summed E-state index contributed by atoms with van der Waals surface area (Å²) in [5.74, 6) is -0.00284. The Bertz CT molecular complexity index is 1270. The fourth-order valence-electron chi connectivity index (χ4n) is 2.79. The van der Waals surface area contributed by atoms with E-state index in [1.807, 2.05) is 48.5 Å². The van der Waals surface area contributed by atoms with E-state index in [0.717, 1.165) is 4.90 Å². The molecule has 0 spiro atoms. The minimum Gasteiger partial charge on any atom is -0.378 e. The van der Waals surface area contributed by atoms with Crippen LogP contribution in [0.4, 0.5) is 5.82 Å². The van der Waals surface area contributed by atoms with Crippen molar-refractivity contribution in [3.05, 3.63) is 76.6 Å². The number of carbonyl (C=O) groups is 1. The van der Waals surface area contributed by atoms with Gasteiger partial charge in [-0.2, -0.15) is 9.78 Å². The van der Waals surface area contributed by atoms with Gasteiger partial charge in [-0.1, -0.05) is 53.2 Å². The fraction of sp³-hybridized carbons (Fsp3) is 0.100. The second-order valence-electron chi connectivity index (χ2n) is 6.49. The van der Waals surface area contributed by atoms with E-state index in [4.69, 9.17) is 17.3 Å². The van der Waals surface area contributed by atoms with E-state index in [2.05, 4.69) is 35.8 Å². The topological polar surface area (TPSA) is 137 Å². The summed E-state index contributed by atoms with van der Waals surface area (Å²) in [6.45, 7) is 1.74. The van der Waals surface area contributed by atoms with Crippen LogP contribution in [0.5, 0.6) is 0 Å². The maximum atomic E-state index is 12.9. The normalized spacial score (nSPS) is 11.5. The van der Waals surface area contributed by atoms with Crippen LogP contribution in [0.25, 0.3) is 5.82 Å². The number of halogens is 1. The number of nitrogens with zero attached hydrogens (tertiary/aromatic N) is 6. The third-order valence-electron chi connectivity index (χ3n) is 4.38. The molecule has 2 heterocycles. The summed E-state index contributed by atoms with van der Waals surface area (Å²) in [4.78, 5) is 13.9. The van der Waals surface area contributed by atoms with Gasteiger partial charge in [0.1, 0.15) is 0 Å². The van der Waals surface area contributed by atoms with Gasteiger partial charge in [0, 0.05) is 21.2 Å². The first-order valence-electron chi connectivity index (χ1n) is 9.35. The SMILES string of the molecule is C/C(=N/NC(=O)c1nnn(-c2nonc2N)c1CSc1ccccc1)c1ccccc1Cl. The molecule has 0 atom stereocenters. The van der Waals surface area contributed by atoms with Gasteiger partial charge in [-0.3, -0.25) is 4.79 Å². The molecule has 0 saturated heterocycles. The molecule has 32 heavy (non-hydrogen) atoms. The van der Waals surface area contributed by atoms with Crippen molar-refractivity contribution in [1.82, 2.24) is 30.7 Å². The zero-order valence-electron chi connectivity index (χ0n) is 16.8. The zero-order chi connectivity index (χ0) is 22.5. The van der Waals surface area contributed by atoms with Crippen LogP contribution in [0.3, 0.4) is 0 Å². The average molecular weight is 469 g/mol. The number of hydrogen-bond acceptors (Lipinski definition) is 9. The van der Waals surface area contributed by atoms with Gasteiger partial charge in [0.2, 0.25) is 11.6 Å². The molecule has 0 radical (unpaired) electrons. The highest BCUT2D eigenvalue weighted by Crippen LogP contribution is 2.26. The molecule has 2 aromatic carbocycles. The van der Waals surface area contributed by atoms with E-state index in [1.54, 1.807) is 13.0 Å². The van der Waals surface area contributed by atoms with Crippen molar-refractivity contribution in [2.24, 2.45) is 5.10 Å². The summed E-state index contributed by atoms with van der Waals surface area (Å²) in [5, 5.41) is 20.1. The van der Waals surface area contributed by atoms with E-state index >= 15 is 0 Å². The molecule has 3 N–H and O–H groups in total. The average Bonchev–Trinajstić information content (AvgIpc) is 3.42. The van der Waals surface area contributed by atoms with Crippen LogP contribution in [0.2, 0.25) is 5.02 Å². The number of aromatic nitrogens is 5. The van der Waals surface area contributed by atoms with E-state index in [9.17, 15) is 4.79 Å². The summed E-state index contributed by atoms with van der Waals surface area (Å²) >= 11 is 7.69. The zero-order valence-corrected chi connectivity index (χ0v) is 18.3. The molecule has 0 bridgehead atoms. The minimum absolute atomic E-state index is 0.0282. The largest absolute Gasteiger partial charge is 0.378 e. The molecular weight excluding hydrogens is 452 g/mol. The quantitative estimate of drug-likeness (QED) is 0.239. The maximum Gasteiger partial charge on any atom is 0.293 e. The first kappa shape index (κ1) is 21.5. The van der Waals surface area contributed by atoms with Gasteiger partial charge in [-0.05, 0) is 35.4 Å². The van der Waals surface area contributed by atoms with Crippen LogP contribution in [0.15, 0.2) is 69.2 Å². The van der Waals surface area contributed by atoms with E-state index < -0.39 is 5.91 Å². The highest BCUT2D eigenvalue weighted by molar-refractivity contribution is 7.98. The molecule has 12 heteroatoms. The standard InChI is InChI=1S/C20H17ClN8O2S/c1-12(14-9-5-6-10-15(14)21)23-25-20(30)17-16(11-32-13-7-3-2-4-8-13)29(28-24-17)19-18(22)26-31-27-19/h2-10H,11H2,1H3,(H2,22,26)(H,25,30)/b23-12-. The highest BCUT2D eigenvalue weighted by atomic mass is 35.5. The molecule has 1 amide bonds. The lowest BCUT2D eigenvalue weighted by Crippen LogP contribution is -2.21. The highest BCUT2D eigenvalue weighted by Gasteiger charge is 2.24. The van der Waals surface area contributed by atoms with Crippen molar-refractivity contribution in [2.75, 3.05) is 5.73 Å². The van der Waals surface area contributed by atoms with Crippen molar-refractivity contribution >= 4 is 40.8 Å². The number of hydrogen-bond donors (Lipinski definition) is 2. The lowest BCUT2D eigenvalue weighted by molar-refractivity contribution is 0.0949. The molecule has 162 valence electrons. The van der Waals surface area contributed by atoms with Gasteiger partial charge in [0.15, 0.2) is 5.69 Å². The molecule has 0 aliphatic carbocycles. The van der Waals surface area contributed by atoms with Gasteiger partial charge in [-0.25, -0.2) is 10.1 Å². The lowest BCUT2D eigenvalue weighted by atomic mass is 10.1. The minimum atomic E-state index is -0.540. The first-order valence-corrected chi connectivity index (χ1v) is 10.7. The number of thioether (sulfide) groups is 1. The van der Waals surface area contributed by atoms with Crippen molar-refractivity contribution in [1.29, 1.82) is 0 Å². The Morgan fingerprint density at radius 2 is 1.94 bits per heavy atom. The van der Waals surface area contributed by atoms with Crippen molar-refractivity contribution in [2.45, 2.75) is 17.6 Å². The summed E-state index contributed by atoms with van der Waals surface area (Å²) in [6.07, 6.45) is 0. The van der Waals surface area contributed by atoms with E-state index in [0.29, 0.717) is 27.7 Å². The van der Waals surface area contributed by atoms with Crippen molar-refractivity contribution in [3.8, 4) is 5.82 Å². The number of nitrogen functional groups attached to an aromatic ring is 1. The number of hydrazone groups is 1. The number of rotatable bonds is 7. The van der Waals surface area contributed by atoms with E-state index in [1.165, 1.54) is 16.4 Å². The molecular formula is C20H17ClN8O2S. The van der Waals surface area contributed by atoms with Crippen LogP contribution in [0, 0.1) is 0 Å². The van der Waals surface area contributed by atoms with Crippen LogP contribution in [-0.4, -0.2) is 36.9 Å². The molecule has 0 fully saturated rings. The second-order valence-corrected chi connectivity index (χ2v) is 7.95. The predicted molar refractivity (Wildman–Crippen MR) is 121 cm³/mol. The van der Waals surface area contributed by atoms with Gasteiger partial charge < -0.3 is 5.73 Å². The van der Waals surface area contributed by atoms with Gasteiger partial charge in [-0.15, -0.1) is 16.9 Å². The number of amides is 1. The lowest BCUT2D eigenvalue weighted by Gasteiger charge is -2.07. The Labute approximate surface area is 191 Å². The molecule has 0 unspecified atom stereocenters. The number of benzene rings is 2. The van der Waals surface area contributed by atoms with Gasteiger partial charge >= 0.3 is 0 Å². The third kappa shape index (κ3) is 4.63. The predicted octanol–water partition coefficient (Wildman–Crippen LogP) is 3.33. The molecule has 0 aliphatic heterocycles. The van der Waals surface area contributed by atoms with Crippen LogP contribution >= 0.6 is 23.4 Å². The summed E-state index contributed by atoms with van der Waals surface area (Å²) in [7, 11) is 0. The molecule has 0 saturated carbocycles. The Hall–Kier alpha value is -3.70. The second kappa shape index (κ2) is 9.62. The summed E-state index contributed by atoms with van der Waals surface area (Å²) < 4.78 is 6.01. The van der Waals surface area contributed by atoms with E-state index in [-0.39, 0.29) is 17.3 Å². The molecule has 2 aromatic heterocycles. The summed E-state index contributed by atoms with van der Waals surface area (Å²) in [5.41, 5.74) is 10.1. The smallest absolute Gasteiger partial charge is 0.293 e. The maximum absolute atomic E-state index is 12.9. The Balaban J connectivity index is 1.61. The molecule has 10 nitrogen and oxygen atoms in total. The van der Waals surface area contributed by atoms with Crippen molar-refractivity contribution < 1.29 is 9.42 Å². The van der Waals surface area contributed by atoms with Crippen LogP contribution in [-0.2, 0) is 5.75 Å². The number of nitrogens with two attached hydrogens (primary N) is 1. The number of anilines is 1. The molecule has 4 aromatic rings. The van der Waals surface area contributed by atoms with Gasteiger partial charge in [0.05, 0.1) is 11.4 Å². The van der Waals surface area contributed by atoms with Crippen molar-refractivity contribution in [3.63, 3.8) is 0 Å². The van der Waals surface area contributed by atoms with Crippen LogP contribution < -0.4 is 11.2 Å². The van der Waals surface area contributed by atoms with Gasteiger partial charge in [0.25, 0.3) is 5.91 Å².